The van der Waals surface area contributed by atoms with E-state index >= 15 is 0 Å². The Balaban J connectivity index is 1.57. The van der Waals surface area contributed by atoms with Crippen molar-refractivity contribution in [3.63, 3.8) is 0 Å². The van der Waals surface area contributed by atoms with Crippen molar-refractivity contribution in [1.82, 2.24) is 14.7 Å². The number of aliphatic hydroxyl groups is 1. The molecule has 5 nitrogen and oxygen atoms in total. The van der Waals surface area contributed by atoms with Crippen LogP contribution in [0.2, 0.25) is 5.02 Å². The van der Waals surface area contributed by atoms with Crippen LogP contribution in [0.5, 0.6) is 0 Å². The summed E-state index contributed by atoms with van der Waals surface area (Å²) in [5, 5.41) is 10.8. The number of likely N-dealkylation sites (N-methyl/N-ethyl adjacent to an activating group) is 1. The van der Waals surface area contributed by atoms with E-state index in [2.05, 4.69) is 9.80 Å². The molecule has 22 heavy (non-hydrogen) atoms. The third kappa shape index (κ3) is 3.27. The number of carbonyl (C=O) groups is 1. The first-order valence-corrected chi connectivity index (χ1v) is 8.08. The topological polar surface area (TPSA) is 47.0 Å². The van der Waals surface area contributed by atoms with Crippen molar-refractivity contribution in [2.24, 2.45) is 0 Å². The van der Waals surface area contributed by atoms with Gasteiger partial charge in [-0.1, -0.05) is 11.6 Å². The number of hydrogen-bond donors (Lipinski definition) is 1. The number of carbonyl (C=O) groups excluding carboxylic acids is 1. The van der Waals surface area contributed by atoms with E-state index in [1.54, 1.807) is 24.3 Å². The molecule has 1 aromatic carbocycles. The summed E-state index contributed by atoms with van der Waals surface area (Å²) >= 11 is 5.86. The lowest BCUT2D eigenvalue weighted by Gasteiger charge is -2.38. The third-order valence-electron chi connectivity index (χ3n) is 4.60. The van der Waals surface area contributed by atoms with Crippen LogP contribution in [0, 0.1) is 0 Å². The molecule has 0 aromatic heterocycles. The van der Waals surface area contributed by atoms with Crippen LogP contribution in [0.25, 0.3) is 0 Å². The maximum atomic E-state index is 12.5. The average Bonchev–Trinajstić information content (AvgIpc) is 2.86. The number of nitrogens with zero attached hydrogens (tertiary/aromatic N) is 3. The van der Waals surface area contributed by atoms with E-state index in [1.165, 1.54) is 0 Å². The minimum absolute atomic E-state index is 0.0559. The molecule has 0 spiro atoms. The second-order valence-electron chi connectivity index (χ2n) is 6.19. The van der Waals surface area contributed by atoms with E-state index in [1.807, 2.05) is 11.9 Å². The van der Waals surface area contributed by atoms with Crippen molar-refractivity contribution < 1.29 is 9.90 Å². The fourth-order valence-electron chi connectivity index (χ4n) is 3.35. The molecule has 0 radical (unpaired) electrons. The van der Waals surface area contributed by atoms with Gasteiger partial charge in [0.15, 0.2) is 0 Å². The third-order valence-corrected chi connectivity index (χ3v) is 4.86. The molecule has 1 unspecified atom stereocenters. The summed E-state index contributed by atoms with van der Waals surface area (Å²) in [6.45, 7) is 4.66. The summed E-state index contributed by atoms with van der Waals surface area (Å²) in [4.78, 5) is 18.8. The Morgan fingerprint density at radius 2 is 1.77 bits per heavy atom. The number of hydrogen-bond acceptors (Lipinski definition) is 4. The fraction of sp³-hybridized carbons (Fsp3) is 0.562. The van der Waals surface area contributed by atoms with E-state index in [0.29, 0.717) is 23.7 Å². The zero-order valence-electron chi connectivity index (χ0n) is 12.8. The first kappa shape index (κ1) is 15.7. The number of rotatable bonds is 2. The molecule has 2 atom stereocenters. The Morgan fingerprint density at radius 1 is 1.14 bits per heavy atom. The van der Waals surface area contributed by atoms with Crippen LogP contribution < -0.4 is 0 Å². The average molecular weight is 324 g/mol. The van der Waals surface area contributed by atoms with Gasteiger partial charge < -0.3 is 14.9 Å². The second kappa shape index (κ2) is 6.54. The molecule has 0 aliphatic carbocycles. The molecule has 0 saturated carbocycles. The van der Waals surface area contributed by atoms with Gasteiger partial charge in [-0.25, -0.2) is 0 Å². The van der Waals surface area contributed by atoms with Gasteiger partial charge in [0.2, 0.25) is 0 Å². The van der Waals surface area contributed by atoms with Gasteiger partial charge in [-0.3, -0.25) is 9.69 Å². The number of likely N-dealkylation sites (tertiary alicyclic amines) is 1. The summed E-state index contributed by atoms with van der Waals surface area (Å²) in [5.74, 6) is 0.0559. The van der Waals surface area contributed by atoms with Gasteiger partial charge in [0.25, 0.3) is 5.91 Å². The van der Waals surface area contributed by atoms with Crippen LogP contribution in [-0.4, -0.2) is 84.2 Å². The Bertz CT molecular complexity index is 529. The number of halogens is 1. The fourth-order valence-corrected chi connectivity index (χ4v) is 3.47. The van der Waals surface area contributed by atoms with Gasteiger partial charge in [0.1, 0.15) is 0 Å². The second-order valence-corrected chi connectivity index (χ2v) is 6.63. The molecule has 2 saturated heterocycles. The van der Waals surface area contributed by atoms with Crippen molar-refractivity contribution in [2.45, 2.75) is 12.1 Å². The van der Waals surface area contributed by atoms with Gasteiger partial charge in [-0.2, -0.15) is 0 Å². The quantitative estimate of drug-likeness (QED) is 0.873. The Morgan fingerprint density at radius 3 is 2.32 bits per heavy atom. The van der Waals surface area contributed by atoms with Crippen molar-refractivity contribution in [1.29, 1.82) is 0 Å². The molecule has 3 rings (SSSR count). The highest BCUT2D eigenvalue weighted by Crippen LogP contribution is 2.18. The van der Waals surface area contributed by atoms with Crippen LogP contribution in [0.4, 0.5) is 0 Å². The molecule has 2 aliphatic rings. The molecular weight excluding hydrogens is 302 g/mol. The van der Waals surface area contributed by atoms with E-state index in [0.717, 1.165) is 26.2 Å². The summed E-state index contributed by atoms with van der Waals surface area (Å²) < 4.78 is 0. The highest BCUT2D eigenvalue weighted by molar-refractivity contribution is 6.30. The molecule has 2 fully saturated rings. The highest BCUT2D eigenvalue weighted by Gasteiger charge is 2.35. The smallest absolute Gasteiger partial charge is 0.253 e. The van der Waals surface area contributed by atoms with Crippen LogP contribution in [0.15, 0.2) is 24.3 Å². The summed E-state index contributed by atoms with van der Waals surface area (Å²) in [6.07, 6.45) is -0.288. The van der Waals surface area contributed by atoms with Gasteiger partial charge in [0, 0.05) is 55.9 Å². The molecule has 1 amide bonds. The lowest BCUT2D eigenvalue weighted by atomic mass is 10.1. The van der Waals surface area contributed by atoms with Crippen molar-refractivity contribution >= 4 is 17.5 Å². The van der Waals surface area contributed by atoms with Crippen LogP contribution >= 0.6 is 11.6 Å². The van der Waals surface area contributed by atoms with Crippen LogP contribution in [0.1, 0.15) is 10.4 Å². The van der Waals surface area contributed by atoms with E-state index in [4.69, 9.17) is 11.6 Å². The van der Waals surface area contributed by atoms with Crippen LogP contribution in [0.3, 0.4) is 0 Å². The molecule has 0 bridgehead atoms. The molecule has 120 valence electrons. The number of benzene rings is 1. The molecule has 2 heterocycles. The largest absolute Gasteiger partial charge is 0.390 e. The van der Waals surface area contributed by atoms with Gasteiger partial charge in [-0.15, -0.1) is 0 Å². The summed E-state index contributed by atoms with van der Waals surface area (Å²) in [7, 11) is 2.03. The van der Waals surface area contributed by atoms with E-state index < -0.39 is 0 Å². The minimum Gasteiger partial charge on any atom is -0.390 e. The zero-order chi connectivity index (χ0) is 15.7. The molecule has 2 aliphatic heterocycles. The number of amides is 1. The Kier molecular flexibility index (Phi) is 4.68. The first-order valence-electron chi connectivity index (χ1n) is 7.70. The van der Waals surface area contributed by atoms with Crippen molar-refractivity contribution in [3.05, 3.63) is 34.9 Å². The SMILES string of the molecule is CN1CC(N2CCN(C(=O)c3ccc(Cl)cc3)CC2)[C@@H](O)C1. The van der Waals surface area contributed by atoms with E-state index in [9.17, 15) is 9.90 Å². The number of piperazine rings is 1. The molecule has 6 heteroatoms. The summed E-state index contributed by atoms with van der Waals surface area (Å²) in [6, 6.07) is 7.23. The highest BCUT2D eigenvalue weighted by atomic mass is 35.5. The Labute approximate surface area is 136 Å². The van der Waals surface area contributed by atoms with Gasteiger partial charge in [-0.05, 0) is 31.3 Å². The lowest BCUT2D eigenvalue weighted by Crippen LogP contribution is -2.54. The molecule has 1 aromatic rings. The van der Waals surface area contributed by atoms with Gasteiger partial charge >= 0.3 is 0 Å². The molecule has 1 N–H and O–H groups in total. The van der Waals surface area contributed by atoms with Crippen molar-refractivity contribution in [2.75, 3.05) is 46.3 Å². The van der Waals surface area contributed by atoms with Gasteiger partial charge in [0.05, 0.1) is 6.10 Å². The maximum Gasteiger partial charge on any atom is 0.253 e. The Hall–Kier alpha value is -1.14. The standard InChI is InChI=1S/C16H22ClN3O2/c1-18-10-14(15(21)11-18)19-6-8-20(9-7-19)16(22)12-2-4-13(17)5-3-12/h2-5,14-15,21H,6-11H2,1H3/t14?,15-/m0/s1. The van der Waals surface area contributed by atoms with Crippen LogP contribution in [-0.2, 0) is 0 Å². The summed E-state index contributed by atoms with van der Waals surface area (Å²) in [5.41, 5.74) is 0.679. The maximum absolute atomic E-state index is 12.5. The molecular formula is C16H22ClN3O2. The predicted molar refractivity (Wildman–Crippen MR) is 86.2 cm³/mol. The monoisotopic (exact) mass is 323 g/mol. The van der Waals surface area contributed by atoms with Crippen molar-refractivity contribution in [3.8, 4) is 0 Å². The number of β-amino-alcohol motifs (C(OH)–C–C–N with tert-alkyl or cyclic N) is 1. The predicted octanol–water partition coefficient (Wildman–Crippen LogP) is 0.773. The normalized spacial score (nSPS) is 27.3. The zero-order valence-corrected chi connectivity index (χ0v) is 13.5. The lowest BCUT2D eigenvalue weighted by molar-refractivity contribution is 0.0376. The number of aliphatic hydroxyl groups excluding tert-OH is 1. The first-order chi connectivity index (χ1) is 10.5. The minimum atomic E-state index is -0.288. The van der Waals surface area contributed by atoms with E-state index in [-0.39, 0.29) is 18.1 Å².